The van der Waals surface area contributed by atoms with Gasteiger partial charge in [0.15, 0.2) is 0 Å². The standard InChI is InChI=1S/C10H20/c1-6-9(7-2)8-10(3,4)5/h6H,7-8H2,1-5H3. The molecule has 0 heteroatoms. The van der Waals surface area contributed by atoms with Crippen LogP contribution in [0.5, 0.6) is 0 Å². The maximum absolute atomic E-state index is 2.28. The van der Waals surface area contributed by atoms with Crippen LogP contribution < -0.4 is 0 Å². The summed E-state index contributed by atoms with van der Waals surface area (Å²) in [6, 6.07) is 0. The molecule has 60 valence electrons. The molecule has 10 heavy (non-hydrogen) atoms. The highest BCUT2D eigenvalue weighted by molar-refractivity contribution is 5.01. The van der Waals surface area contributed by atoms with E-state index in [9.17, 15) is 0 Å². The lowest BCUT2D eigenvalue weighted by Gasteiger charge is -2.19. The first kappa shape index (κ1) is 9.74. The minimum atomic E-state index is 0.456. The van der Waals surface area contributed by atoms with Crippen LogP contribution in [0, 0.1) is 5.41 Å². The van der Waals surface area contributed by atoms with Gasteiger partial charge in [0, 0.05) is 0 Å². The van der Waals surface area contributed by atoms with Crippen molar-refractivity contribution in [3.8, 4) is 0 Å². The zero-order valence-corrected chi connectivity index (χ0v) is 7.99. The molecule has 0 aliphatic carbocycles. The largest absolute Gasteiger partial charge is 0.0884 e. The summed E-state index contributed by atoms with van der Waals surface area (Å²) in [5.74, 6) is 0. The third kappa shape index (κ3) is 4.60. The van der Waals surface area contributed by atoms with Gasteiger partial charge in [0.2, 0.25) is 0 Å². The Balaban J connectivity index is 3.88. The van der Waals surface area contributed by atoms with Gasteiger partial charge in [0.05, 0.1) is 0 Å². The van der Waals surface area contributed by atoms with Crippen LogP contribution in [0.25, 0.3) is 0 Å². The summed E-state index contributed by atoms with van der Waals surface area (Å²) in [4.78, 5) is 0. The molecule has 0 nitrogen and oxygen atoms in total. The van der Waals surface area contributed by atoms with Crippen molar-refractivity contribution in [1.29, 1.82) is 0 Å². The molecule has 0 aromatic rings. The topological polar surface area (TPSA) is 0 Å². The Kier molecular flexibility index (Phi) is 3.70. The maximum atomic E-state index is 2.28. The number of hydrogen-bond donors (Lipinski definition) is 0. The van der Waals surface area contributed by atoms with E-state index in [1.54, 1.807) is 5.57 Å². The van der Waals surface area contributed by atoms with E-state index in [2.05, 4.69) is 40.7 Å². The van der Waals surface area contributed by atoms with Gasteiger partial charge in [-0.05, 0) is 25.2 Å². The molecule has 0 amide bonds. The third-order valence-corrected chi connectivity index (χ3v) is 1.62. The molecule has 0 aliphatic rings. The zero-order valence-electron chi connectivity index (χ0n) is 7.99. The smallest absolute Gasteiger partial charge is 0.0272 e. The zero-order chi connectivity index (χ0) is 8.20. The summed E-state index contributed by atoms with van der Waals surface area (Å²) < 4.78 is 0. The lowest BCUT2D eigenvalue weighted by Crippen LogP contribution is -2.05. The van der Waals surface area contributed by atoms with Crippen LogP contribution in [-0.2, 0) is 0 Å². The van der Waals surface area contributed by atoms with E-state index in [0.29, 0.717) is 5.41 Å². The Morgan fingerprint density at radius 2 is 1.80 bits per heavy atom. The minimum Gasteiger partial charge on any atom is -0.0884 e. The summed E-state index contributed by atoms with van der Waals surface area (Å²) in [6.45, 7) is 11.2. The predicted octanol–water partition coefficient (Wildman–Crippen LogP) is 3.78. The van der Waals surface area contributed by atoms with E-state index in [4.69, 9.17) is 0 Å². The highest BCUT2D eigenvalue weighted by atomic mass is 14.2. The highest BCUT2D eigenvalue weighted by Crippen LogP contribution is 2.25. The number of hydrogen-bond acceptors (Lipinski definition) is 0. The summed E-state index contributed by atoms with van der Waals surface area (Å²) in [5, 5.41) is 0. The summed E-state index contributed by atoms with van der Waals surface area (Å²) in [6.07, 6.45) is 4.68. The molecule has 0 unspecified atom stereocenters. The normalized spacial score (nSPS) is 13.9. The van der Waals surface area contributed by atoms with E-state index < -0.39 is 0 Å². The quantitative estimate of drug-likeness (QED) is 0.512. The monoisotopic (exact) mass is 140 g/mol. The van der Waals surface area contributed by atoms with E-state index in [-0.39, 0.29) is 0 Å². The fourth-order valence-corrected chi connectivity index (χ4v) is 1.11. The molecule has 0 N–H and O–H groups in total. The lowest BCUT2D eigenvalue weighted by atomic mass is 9.87. The van der Waals surface area contributed by atoms with E-state index in [1.807, 2.05) is 0 Å². The Hall–Kier alpha value is -0.260. The average Bonchev–Trinajstić information content (AvgIpc) is 1.81. The minimum absolute atomic E-state index is 0.456. The molecule has 0 rings (SSSR count). The second-order valence-corrected chi connectivity index (χ2v) is 4.04. The van der Waals surface area contributed by atoms with Gasteiger partial charge in [-0.1, -0.05) is 39.3 Å². The second-order valence-electron chi connectivity index (χ2n) is 4.04. The first-order valence-electron chi connectivity index (χ1n) is 4.13. The molecular formula is C10H20. The molecule has 0 aliphatic heterocycles. The SMILES string of the molecule is CC=C(CC)CC(C)(C)C. The summed E-state index contributed by atoms with van der Waals surface area (Å²) >= 11 is 0. The Morgan fingerprint density at radius 1 is 1.30 bits per heavy atom. The maximum Gasteiger partial charge on any atom is -0.0272 e. The van der Waals surface area contributed by atoms with Crippen LogP contribution in [0.1, 0.15) is 47.5 Å². The van der Waals surface area contributed by atoms with Gasteiger partial charge in [-0.3, -0.25) is 0 Å². The second kappa shape index (κ2) is 3.80. The van der Waals surface area contributed by atoms with E-state index in [0.717, 1.165) is 0 Å². The van der Waals surface area contributed by atoms with Gasteiger partial charge in [-0.25, -0.2) is 0 Å². The molecule has 0 heterocycles. The molecule has 0 bridgehead atoms. The lowest BCUT2D eigenvalue weighted by molar-refractivity contribution is 0.405. The Labute approximate surface area is 65.3 Å². The van der Waals surface area contributed by atoms with Crippen LogP contribution in [0.4, 0.5) is 0 Å². The Morgan fingerprint density at radius 3 is 1.90 bits per heavy atom. The van der Waals surface area contributed by atoms with Crippen molar-refractivity contribution in [2.75, 3.05) is 0 Å². The molecular weight excluding hydrogens is 120 g/mol. The number of rotatable bonds is 2. The first-order valence-corrected chi connectivity index (χ1v) is 4.13. The molecule has 0 aromatic heterocycles. The van der Waals surface area contributed by atoms with Crippen LogP contribution in [0.3, 0.4) is 0 Å². The molecule has 0 spiro atoms. The van der Waals surface area contributed by atoms with Gasteiger partial charge in [0.25, 0.3) is 0 Å². The molecule has 0 saturated carbocycles. The van der Waals surface area contributed by atoms with Crippen molar-refractivity contribution >= 4 is 0 Å². The van der Waals surface area contributed by atoms with Crippen molar-refractivity contribution < 1.29 is 0 Å². The van der Waals surface area contributed by atoms with E-state index in [1.165, 1.54) is 12.8 Å². The van der Waals surface area contributed by atoms with Crippen molar-refractivity contribution in [3.05, 3.63) is 11.6 Å². The highest BCUT2D eigenvalue weighted by Gasteiger charge is 2.10. The van der Waals surface area contributed by atoms with Crippen LogP contribution >= 0.6 is 0 Å². The fourth-order valence-electron chi connectivity index (χ4n) is 1.11. The van der Waals surface area contributed by atoms with Gasteiger partial charge in [-0.15, -0.1) is 0 Å². The molecule has 0 radical (unpaired) electrons. The first-order chi connectivity index (χ1) is 4.49. The number of allylic oxidation sites excluding steroid dienone is 2. The Bertz CT molecular complexity index is 112. The average molecular weight is 140 g/mol. The molecule has 0 saturated heterocycles. The van der Waals surface area contributed by atoms with Crippen molar-refractivity contribution in [3.63, 3.8) is 0 Å². The third-order valence-electron chi connectivity index (χ3n) is 1.62. The van der Waals surface area contributed by atoms with Crippen molar-refractivity contribution in [1.82, 2.24) is 0 Å². The van der Waals surface area contributed by atoms with Crippen LogP contribution in [0.15, 0.2) is 11.6 Å². The van der Waals surface area contributed by atoms with E-state index >= 15 is 0 Å². The van der Waals surface area contributed by atoms with Gasteiger partial charge in [-0.2, -0.15) is 0 Å². The van der Waals surface area contributed by atoms with Gasteiger partial charge < -0.3 is 0 Å². The molecule has 0 atom stereocenters. The predicted molar refractivity (Wildman–Crippen MR) is 48.1 cm³/mol. The van der Waals surface area contributed by atoms with Crippen molar-refractivity contribution in [2.45, 2.75) is 47.5 Å². The summed E-state index contributed by atoms with van der Waals surface area (Å²) in [5.41, 5.74) is 2.03. The van der Waals surface area contributed by atoms with Crippen LogP contribution in [-0.4, -0.2) is 0 Å². The van der Waals surface area contributed by atoms with Crippen molar-refractivity contribution in [2.24, 2.45) is 5.41 Å². The molecule has 0 aromatic carbocycles. The van der Waals surface area contributed by atoms with Crippen LogP contribution in [0.2, 0.25) is 0 Å². The fraction of sp³-hybridized carbons (Fsp3) is 0.800. The van der Waals surface area contributed by atoms with Gasteiger partial charge in [0.1, 0.15) is 0 Å². The summed E-state index contributed by atoms with van der Waals surface area (Å²) in [7, 11) is 0. The molecule has 0 fully saturated rings. The van der Waals surface area contributed by atoms with Gasteiger partial charge >= 0.3 is 0 Å².